The largest absolute Gasteiger partial charge is 0.356 e. The number of hydrogen-bond acceptors (Lipinski definition) is 5. The van der Waals surface area contributed by atoms with Crippen molar-refractivity contribution in [1.82, 2.24) is 9.97 Å². The van der Waals surface area contributed by atoms with Crippen LogP contribution in [0, 0.1) is 11.3 Å². The molecule has 0 unspecified atom stereocenters. The fraction of sp³-hybridized carbons (Fsp3) is 0.250. The molecule has 112 valence electrons. The van der Waals surface area contributed by atoms with Crippen LogP contribution in [0.5, 0.6) is 0 Å². The van der Waals surface area contributed by atoms with Crippen molar-refractivity contribution in [1.29, 1.82) is 5.26 Å². The Labute approximate surface area is 129 Å². The minimum Gasteiger partial charge on any atom is -0.356 e. The predicted octanol–water partition coefficient (Wildman–Crippen LogP) is 2.45. The standard InChI is InChI=1S/C16H17N5O/c1-3-21(4-2)15-11-18-14(10-19-15)16(22)20-13-7-5-6-12(8-13)9-17/h5-8,10-11H,3-4H2,1-2H3,(H,20,22). The van der Waals surface area contributed by atoms with Crippen LogP contribution in [0.2, 0.25) is 0 Å². The molecular formula is C16H17N5O. The van der Waals surface area contributed by atoms with Crippen LogP contribution in [0.4, 0.5) is 11.5 Å². The average Bonchev–Trinajstić information content (AvgIpc) is 2.56. The Kier molecular flexibility index (Phi) is 5.04. The van der Waals surface area contributed by atoms with Crippen molar-refractivity contribution in [2.75, 3.05) is 23.3 Å². The molecule has 0 saturated carbocycles. The monoisotopic (exact) mass is 295 g/mol. The fourth-order valence-corrected chi connectivity index (χ4v) is 2.01. The van der Waals surface area contributed by atoms with Crippen molar-refractivity contribution in [3.05, 3.63) is 47.9 Å². The van der Waals surface area contributed by atoms with Gasteiger partial charge in [0.2, 0.25) is 0 Å². The van der Waals surface area contributed by atoms with E-state index in [9.17, 15) is 4.79 Å². The third-order valence-electron chi connectivity index (χ3n) is 3.21. The molecule has 6 heteroatoms. The predicted molar refractivity (Wildman–Crippen MR) is 84.7 cm³/mol. The molecule has 2 rings (SSSR count). The number of aromatic nitrogens is 2. The Morgan fingerprint density at radius 1 is 1.27 bits per heavy atom. The van der Waals surface area contributed by atoms with E-state index in [-0.39, 0.29) is 11.6 Å². The Morgan fingerprint density at radius 3 is 2.64 bits per heavy atom. The van der Waals surface area contributed by atoms with Crippen LogP contribution in [0.15, 0.2) is 36.7 Å². The van der Waals surface area contributed by atoms with Gasteiger partial charge in [-0.1, -0.05) is 6.07 Å². The van der Waals surface area contributed by atoms with Crippen LogP contribution in [0.3, 0.4) is 0 Å². The summed E-state index contributed by atoms with van der Waals surface area (Å²) in [5.74, 6) is 0.390. The lowest BCUT2D eigenvalue weighted by Crippen LogP contribution is -2.23. The van der Waals surface area contributed by atoms with Crippen LogP contribution < -0.4 is 10.2 Å². The van der Waals surface area contributed by atoms with Gasteiger partial charge < -0.3 is 10.2 Å². The normalized spacial score (nSPS) is 9.86. The lowest BCUT2D eigenvalue weighted by molar-refractivity contribution is 0.102. The zero-order chi connectivity index (χ0) is 15.9. The first-order valence-corrected chi connectivity index (χ1v) is 7.06. The highest BCUT2D eigenvalue weighted by atomic mass is 16.1. The van der Waals surface area contributed by atoms with Crippen molar-refractivity contribution >= 4 is 17.4 Å². The molecule has 22 heavy (non-hydrogen) atoms. The van der Waals surface area contributed by atoms with Crippen LogP contribution in [-0.2, 0) is 0 Å². The summed E-state index contributed by atoms with van der Waals surface area (Å²) in [5.41, 5.74) is 1.28. The van der Waals surface area contributed by atoms with E-state index in [1.54, 1.807) is 30.5 Å². The Balaban J connectivity index is 2.11. The number of anilines is 2. The zero-order valence-corrected chi connectivity index (χ0v) is 12.6. The summed E-state index contributed by atoms with van der Waals surface area (Å²) in [4.78, 5) is 22.6. The second-order valence-electron chi connectivity index (χ2n) is 4.58. The number of carbonyl (C=O) groups is 1. The molecule has 1 amide bonds. The molecule has 1 N–H and O–H groups in total. The number of hydrogen-bond donors (Lipinski definition) is 1. The first-order valence-electron chi connectivity index (χ1n) is 7.06. The van der Waals surface area contributed by atoms with Gasteiger partial charge in [-0.3, -0.25) is 4.79 Å². The summed E-state index contributed by atoms with van der Waals surface area (Å²) in [6.45, 7) is 5.73. The van der Waals surface area contributed by atoms with Gasteiger partial charge in [-0.25, -0.2) is 9.97 Å². The van der Waals surface area contributed by atoms with Gasteiger partial charge in [-0.05, 0) is 32.0 Å². The number of nitrogens with one attached hydrogen (secondary N) is 1. The Hall–Kier alpha value is -2.94. The molecule has 1 aromatic heterocycles. The smallest absolute Gasteiger partial charge is 0.275 e. The van der Waals surface area contributed by atoms with E-state index >= 15 is 0 Å². The number of nitriles is 1. The molecule has 1 aromatic carbocycles. The molecule has 0 spiro atoms. The number of rotatable bonds is 5. The van der Waals surface area contributed by atoms with Gasteiger partial charge in [0, 0.05) is 18.8 Å². The van der Waals surface area contributed by atoms with Gasteiger partial charge in [0.1, 0.15) is 11.5 Å². The Morgan fingerprint density at radius 2 is 2.05 bits per heavy atom. The second-order valence-corrected chi connectivity index (χ2v) is 4.58. The molecule has 2 aromatic rings. The third kappa shape index (κ3) is 3.58. The van der Waals surface area contributed by atoms with Gasteiger partial charge in [-0.2, -0.15) is 5.26 Å². The van der Waals surface area contributed by atoms with Crippen molar-refractivity contribution in [3.8, 4) is 6.07 Å². The summed E-state index contributed by atoms with van der Waals surface area (Å²) in [6.07, 6.45) is 3.05. The third-order valence-corrected chi connectivity index (χ3v) is 3.21. The topological polar surface area (TPSA) is 81.9 Å². The maximum atomic E-state index is 12.1. The molecule has 0 aliphatic carbocycles. The lowest BCUT2D eigenvalue weighted by Gasteiger charge is -2.18. The van der Waals surface area contributed by atoms with Crippen LogP contribution in [0.25, 0.3) is 0 Å². The van der Waals surface area contributed by atoms with Gasteiger partial charge in [0.15, 0.2) is 0 Å². The van der Waals surface area contributed by atoms with E-state index in [4.69, 9.17) is 5.26 Å². The molecule has 0 atom stereocenters. The van der Waals surface area contributed by atoms with E-state index in [2.05, 4.69) is 15.3 Å². The van der Waals surface area contributed by atoms with Crippen LogP contribution in [0.1, 0.15) is 29.9 Å². The highest BCUT2D eigenvalue weighted by molar-refractivity contribution is 6.02. The molecular weight excluding hydrogens is 278 g/mol. The minimum atomic E-state index is -0.353. The van der Waals surface area contributed by atoms with Crippen molar-refractivity contribution in [2.45, 2.75) is 13.8 Å². The molecule has 6 nitrogen and oxygen atoms in total. The Bertz CT molecular complexity index is 686. The minimum absolute atomic E-state index is 0.235. The maximum Gasteiger partial charge on any atom is 0.275 e. The van der Waals surface area contributed by atoms with Gasteiger partial charge in [0.05, 0.1) is 24.0 Å². The zero-order valence-electron chi connectivity index (χ0n) is 12.6. The first kappa shape index (κ1) is 15.4. The van der Waals surface area contributed by atoms with Crippen molar-refractivity contribution < 1.29 is 4.79 Å². The average molecular weight is 295 g/mol. The SMILES string of the molecule is CCN(CC)c1cnc(C(=O)Nc2cccc(C#N)c2)cn1. The van der Waals surface area contributed by atoms with Crippen molar-refractivity contribution in [3.63, 3.8) is 0 Å². The van der Waals surface area contributed by atoms with Crippen LogP contribution >= 0.6 is 0 Å². The van der Waals surface area contributed by atoms with E-state index < -0.39 is 0 Å². The van der Waals surface area contributed by atoms with Gasteiger partial charge in [0.25, 0.3) is 5.91 Å². The molecule has 0 bridgehead atoms. The van der Waals surface area contributed by atoms with E-state index in [0.717, 1.165) is 18.9 Å². The van der Waals surface area contributed by atoms with Gasteiger partial charge >= 0.3 is 0 Å². The first-order chi connectivity index (χ1) is 10.7. The molecule has 0 fully saturated rings. The summed E-state index contributed by atoms with van der Waals surface area (Å²) in [5, 5.41) is 11.6. The summed E-state index contributed by atoms with van der Waals surface area (Å²) in [7, 11) is 0. The number of amides is 1. The molecule has 0 aliphatic heterocycles. The van der Waals surface area contributed by atoms with E-state index in [1.165, 1.54) is 6.20 Å². The maximum absolute atomic E-state index is 12.1. The molecule has 0 aliphatic rings. The molecule has 0 saturated heterocycles. The highest BCUT2D eigenvalue weighted by Gasteiger charge is 2.10. The van der Waals surface area contributed by atoms with E-state index in [0.29, 0.717) is 11.3 Å². The van der Waals surface area contributed by atoms with Crippen molar-refractivity contribution in [2.24, 2.45) is 0 Å². The second kappa shape index (κ2) is 7.18. The van der Waals surface area contributed by atoms with Gasteiger partial charge in [-0.15, -0.1) is 0 Å². The summed E-state index contributed by atoms with van der Waals surface area (Å²) >= 11 is 0. The quantitative estimate of drug-likeness (QED) is 0.916. The van der Waals surface area contributed by atoms with Crippen LogP contribution in [-0.4, -0.2) is 29.0 Å². The number of nitrogens with zero attached hydrogens (tertiary/aromatic N) is 4. The number of carbonyl (C=O) groups excluding carboxylic acids is 1. The fourth-order valence-electron chi connectivity index (χ4n) is 2.01. The highest BCUT2D eigenvalue weighted by Crippen LogP contribution is 2.12. The van der Waals surface area contributed by atoms with E-state index in [1.807, 2.05) is 24.8 Å². The summed E-state index contributed by atoms with van der Waals surface area (Å²) in [6, 6.07) is 8.74. The molecule has 1 heterocycles. The molecule has 0 radical (unpaired) electrons. The lowest BCUT2D eigenvalue weighted by atomic mass is 10.2. The summed E-state index contributed by atoms with van der Waals surface area (Å²) < 4.78 is 0. The number of benzene rings is 1.